The van der Waals surface area contributed by atoms with E-state index in [9.17, 15) is 9.59 Å². The van der Waals surface area contributed by atoms with Gasteiger partial charge in [0.05, 0.1) is 5.69 Å². The normalized spacial score (nSPS) is 10.7. The van der Waals surface area contributed by atoms with E-state index in [1.54, 1.807) is 6.08 Å². The third-order valence-corrected chi connectivity index (χ3v) is 4.16. The number of aromatic nitrogens is 1. The summed E-state index contributed by atoms with van der Waals surface area (Å²) < 4.78 is 1.85. The number of hydrazine groups is 1. The molecule has 120 valence electrons. The first-order valence-electron chi connectivity index (χ1n) is 7.28. The minimum atomic E-state index is -0.397. The smallest absolute Gasteiger partial charge is 0.281 e. The summed E-state index contributed by atoms with van der Waals surface area (Å²) in [7, 11) is 0. The summed E-state index contributed by atoms with van der Waals surface area (Å²) in [5.74, 6) is -0.749. The van der Waals surface area contributed by atoms with Crippen LogP contribution in [0, 0.1) is 0 Å². The number of rotatable bonds is 4. The second-order valence-corrected chi connectivity index (χ2v) is 5.83. The minimum Gasteiger partial charge on any atom is -0.322 e. The molecule has 0 aliphatic heterocycles. The van der Waals surface area contributed by atoms with Gasteiger partial charge in [-0.3, -0.25) is 20.4 Å². The highest BCUT2D eigenvalue weighted by molar-refractivity contribution is 7.12. The van der Waals surface area contributed by atoms with Crippen molar-refractivity contribution >= 4 is 29.2 Å². The van der Waals surface area contributed by atoms with Gasteiger partial charge < -0.3 is 4.57 Å². The number of carbonyl (C=O) groups is 2. The first-order valence-corrected chi connectivity index (χ1v) is 8.16. The summed E-state index contributed by atoms with van der Waals surface area (Å²) in [5, 5.41) is 1.83. The van der Waals surface area contributed by atoms with Crippen molar-refractivity contribution in [2.45, 2.75) is 0 Å². The lowest BCUT2D eigenvalue weighted by Crippen LogP contribution is -2.40. The Bertz CT molecular complexity index is 852. The molecule has 0 unspecified atom stereocenters. The molecule has 2 heterocycles. The molecule has 2 amide bonds. The van der Waals surface area contributed by atoms with Crippen molar-refractivity contribution in [3.05, 3.63) is 82.8 Å². The van der Waals surface area contributed by atoms with Crippen LogP contribution in [0.3, 0.4) is 0 Å². The van der Waals surface area contributed by atoms with Crippen molar-refractivity contribution in [2.75, 3.05) is 0 Å². The van der Waals surface area contributed by atoms with Crippen LogP contribution in [0.15, 0.2) is 72.4 Å². The fourth-order valence-corrected chi connectivity index (χ4v) is 2.91. The SMILES string of the molecule is O=C(C=Cc1ccccc1)NNC(=O)c1sccc1-n1cccc1. The Balaban J connectivity index is 1.59. The lowest BCUT2D eigenvalue weighted by atomic mass is 10.2. The monoisotopic (exact) mass is 337 g/mol. The number of amides is 2. The topological polar surface area (TPSA) is 63.1 Å². The molecule has 2 aromatic heterocycles. The molecule has 1 aromatic carbocycles. The van der Waals surface area contributed by atoms with Gasteiger partial charge >= 0.3 is 0 Å². The van der Waals surface area contributed by atoms with Gasteiger partial charge in [-0.25, -0.2) is 0 Å². The van der Waals surface area contributed by atoms with E-state index >= 15 is 0 Å². The Morgan fingerprint density at radius 1 is 0.958 bits per heavy atom. The van der Waals surface area contributed by atoms with Crippen LogP contribution in [0.2, 0.25) is 0 Å². The second-order valence-electron chi connectivity index (χ2n) is 4.91. The molecule has 2 N–H and O–H groups in total. The zero-order valence-electron chi connectivity index (χ0n) is 12.7. The summed E-state index contributed by atoms with van der Waals surface area (Å²) >= 11 is 1.32. The van der Waals surface area contributed by atoms with Gasteiger partial charge in [-0.1, -0.05) is 30.3 Å². The number of hydrogen-bond donors (Lipinski definition) is 2. The van der Waals surface area contributed by atoms with Gasteiger partial charge in [0.1, 0.15) is 4.88 Å². The van der Waals surface area contributed by atoms with Crippen molar-refractivity contribution in [2.24, 2.45) is 0 Å². The predicted octanol–water partition coefficient (Wildman–Crippen LogP) is 3.01. The zero-order chi connectivity index (χ0) is 16.8. The number of thiophene rings is 1. The highest BCUT2D eigenvalue weighted by Crippen LogP contribution is 2.20. The first-order chi connectivity index (χ1) is 11.7. The average Bonchev–Trinajstić information content (AvgIpc) is 3.29. The molecule has 5 nitrogen and oxygen atoms in total. The van der Waals surface area contributed by atoms with Gasteiger partial charge in [-0.05, 0) is 35.2 Å². The quantitative estimate of drug-likeness (QED) is 0.568. The molecule has 0 radical (unpaired) electrons. The fraction of sp³-hybridized carbons (Fsp3) is 0. The maximum atomic E-state index is 12.2. The summed E-state index contributed by atoms with van der Waals surface area (Å²) in [6, 6.07) is 15.1. The molecule has 0 fully saturated rings. The molecule has 0 aliphatic carbocycles. The maximum absolute atomic E-state index is 12.2. The molecule has 0 bridgehead atoms. The molecule has 3 aromatic rings. The van der Waals surface area contributed by atoms with Gasteiger partial charge in [-0.2, -0.15) is 0 Å². The van der Waals surface area contributed by atoms with Crippen molar-refractivity contribution in [3.63, 3.8) is 0 Å². The summed E-state index contributed by atoms with van der Waals surface area (Å²) in [6.07, 6.45) is 6.77. The molecule has 3 rings (SSSR count). The Labute approximate surface area is 143 Å². The van der Waals surface area contributed by atoms with E-state index < -0.39 is 5.91 Å². The highest BCUT2D eigenvalue weighted by Gasteiger charge is 2.14. The molecule has 0 saturated carbocycles. The third kappa shape index (κ3) is 3.80. The summed E-state index contributed by atoms with van der Waals surface area (Å²) in [5.41, 5.74) is 6.50. The molecular formula is C18H15N3O2S. The number of nitrogens with zero attached hydrogens (tertiary/aromatic N) is 1. The number of carbonyl (C=O) groups excluding carboxylic acids is 2. The summed E-state index contributed by atoms with van der Waals surface area (Å²) in [6.45, 7) is 0. The molecule has 0 spiro atoms. The van der Waals surface area contributed by atoms with Gasteiger partial charge in [-0.15, -0.1) is 11.3 Å². The van der Waals surface area contributed by atoms with Crippen LogP contribution >= 0.6 is 11.3 Å². The maximum Gasteiger partial charge on any atom is 0.281 e. The van der Waals surface area contributed by atoms with Crippen molar-refractivity contribution < 1.29 is 9.59 Å². The lowest BCUT2D eigenvalue weighted by Gasteiger charge is -2.07. The highest BCUT2D eigenvalue weighted by atomic mass is 32.1. The van der Waals surface area contributed by atoms with Gasteiger partial charge in [0, 0.05) is 18.5 Å². The van der Waals surface area contributed by atoms with E-state index in [0.717, 1.165) is 11.3 Å². The van der Waals surface area contributed by atoms with E-state index in [-0.39, 0.29) is 5.91 Å². The Hall–Kier alpha value is -3.12. The number of hydrogen-bond acceptors (Lipinski definition) is 3. The average molecular weight is 337 g/mol. The van der Waals surface area contributed by atoms with Gasteiger partial charge in [0.15, 0.2) is 0 Å². The third-order valence-electron chi connectivity index (χ3n) is 3.26. The van der Waals surface area contributed by atoms with Crippen LogP contribution < -0.4 is 10.9 Å². The first kappa shape index (κ1) is 15.8. The van der Waals surface area contributed by atoms with E-state index in [1.807, 2.05) is 70.9 Å². The lowest BCUT2D eigenvalue weighted by molar-refractivity contribution is -0.117. The van der Waals surface area contributed by atoms with Crippen LogP contribution in [-0.4, -0.2) is 16.4 Å². The Morgan fingerprint density at radius 3 is 2.46 bits per heavy atom. The predicted molar refractivity (Wildman–Crippen MR) is 94.7 cm³/mol. The zero-order valence-corrected chi connectivity index (χ0v) is 13.5. The van der Waals surface area contributed by atoms with Crippen LogP contribution in [0.4, 0.5) is 0 Å². The number of nitrogens with one attached hydrogen (secondary N) is 2. The van der Waals surface area contributed by atoms with Crippen molar-refractivity contribution in [1.29, 1.82) is 0 Å². The van der Waals surface area contributed by atoms with Crippen LogP contribution in [0.5, 0.6) is 0 Å². The van der Waals surface area contributed by atoms with Gasteiger partial charge in [0.25, 0.3) is 11.8 Å². The molecule has 24 heavy (non-hydrogen) atoms. The van der Waals surface area contributed by atoms with E-state index in [0.29, 0.717) is 4.88 Å². The molecule has 0 atom stereocenters. The van der Waals surface area contributed by atoms with E-state index in [1.165, 1.54) is 17.4 Å². The van der Waals surface area contributed by atoms with Crippen molar-refractivity contribution in [1.82, 2.24) is 15.4 Å². The largest absolute Gasteiger partial charge is 0.322 e. The summed E-state index contributed by atoms with van der Waals surface area (Å²) in [4.78, 5) is 24.6. The fourth-order valence-electron chi connectivity index (χ4n) is 2.12. The van der Waals surface area contributed by atoms with E-state index in [2.05, 4.69) is 10.9 Å². The number of benzene rings is 1. The van der Waals surface area contributed by atoms with Gasteiger partial charge in [0.2, 0.25) is 0 Å². The molecule has 0 saturated heterocycles. The molecular weight excluding hydrogens is 322 g/mol. The standard InChI is InChI=1S/C18H15N3O2S/c22-16(9-8-14-6-2-1-3-7-14)19-20-18(23)17-15(10-13-24-17)21-11-4-5-12-21/h1-13H,(H,19,22)(H,20,23). The van der Waals surface area contributed by atoms with Crippen LogP contribution in [0.25, 0.3) is 11.8 Å². The molecule has 0 aliphatic rings. The van der Waals surface area contributed by atoms with Crippen LogP contribution in [0.1, 0.15) is 15.2 Å². The second kappa shape index (κ2) is 7.43. The van der Waals surface area contributed by atoms with E-state index in [4.69, 9.17) is 0 Å². The minimum absolute atomic E-state index is 0.352. The van der Waals surface area contributed by atoms with Crippen LogP contribution in [-0.2, 0) is 4.79 Å². The molecule has 6 heteroatoms. The Kier molecular flexibility index (Phi) is 4.88. The Morgan fingerprint density at radius 2 is 1.71 bits per heavy atom. The van der Waals surface area contributed by atoms with Crippen molar-refractivity contribution in [3.8, 4) is 5.69 Å².